The van der Waals surface area contributed by atoms with Crippen molar-refractivity contribution >= 4 is 31.4 Å². The van der Waals surface area contributed by atoms with Gasteiger partial charge in [0.1, 0.15) is 12.6 Å². The van der Waals surface area contributed by atoms with Crippen molar-refractivity contribution in [2.24, 2.45) is 11.3 Å². The third-order valence-electron chi connectivity index (χ3n) is 8.86. The van der Waals surface area contributed by atoms with Gasteiger partial charge in [-0.25, -0.2) is 9.69 Å². The molecule has 1 aliphatic heterocycles. The Bertz CT molecular complexity index is 1230. The number of amides is 2. The number of carbonyl (C=O) groups excluding carboxylic acids is 3. The first-order valence-electron chi connectivity index (χ1n) is 13.6. The zero-order chi connectivity index (χ0) is 26.4. The van der Waals surface area contributed by atoms with E-state index < -0.39 is 36.6 Å². The molecule has 4 atom stereocenters. The number of benzene rings is 2. The summed E-state index contributed by atoms with van der Waals surface area (Å²) >= 11 is 0. The number of hydrogen-bond acceptors (Lipinski definition) is 4. The molecule has 1 saturated heterocycles. The van der Waals surface area contributed by atoms with Crippen LogP contribution in [-0.2, 0) is 14.3 Å². The lowest BCUT2D eigenvalue weighted by molar-refractivity contribution is -0.132. The van der Waals surface area contributed by atoms with Crippen LogP contribution in [-0.4, -0.2) is 37.4 Å². The fraction of sp³-hybridized carbons (Fsp3) is 0.452. The van der Waals surface area contributed by atoms with Gasteiger partial charge in [0, 0.05) is 16.0 Å². The third-order valence-corrected chi connectivity index (χ3v) is 12.2. The molecule has 1 heterocycles. The molecule has 2 fully saturated rings. The molecule has 194 valence electrons. The highest BCUT2D eigenvalue weighted by Crippen LogP contribution is 2.86. The van der Waals surface area contributed by atoms with Crippen molar-refractivity contribution < 1.29 is 19.1 Å². The molecule has 0 radical (unpaired) electrons. The predicted molar refractivity (Wildman–Crippen MR) is 148 cm³/mol. The lowest BCUT2D eigenvalue weighted by Crippen LogP contribution is -2.42. The number of rotatable bonds is 9. The molecule has 0 N–H and O–H groups in total. The van der Waals surface area contributed by atoms with Crippen LogP contribution in [0.4, 0.5) is 4.79 Å². The fourth-order valence-corrected chi connectivity index (χ4v) is 11.1. The second-order valence-corrected chi connectivity index (χ2v) is 17.1. The Hall–Kier alpha value is -2.99. The Labute approximate surface area is 220 Å². The lowest BCUT2D eigenvalue weighted by atomic mass is 9.92. The zero-order valence-electron chi connectivity index (χ0n) is 22.3. The van der Waals surface area contributed by atoms with Gasteiger partial charge in [-0.15, -0.1) is 0 Å². The van der Waals surface area contributed by atoms with Gasteiger partial charge < -0.3 is 4.74 Å². The highest BCUT2D eigenvalue weighted by atomic mass is 28.3. The number of imide groups is 1. The summed E-state index contributed by atoms with van der Waals surface area (Å²) in [5.41, 5.74) is 1.98. The fourth-order valence-electron chi connectivity index (χ4n) is 7.32. The minimum Gasteiger partial charge on any atom is -0.446 e. The largest absolute Gasteiger partial charge is 0.446 e. The molecule has 0 aromatic heterocycles. The highest BCUT2D eigenvalue weighted by Gasteiger charge is 2.88. The normalized spacial score (nSPS) is 28.6. The maximum Gasteiger partial charge on any atom is 0.417 e. The number of unbranched alkanes of at least 4 members (excludes halogenated alkanes) is 3. The maximum atomic E-state index is 14.5. The standard InChI is InChI=1S/C31H37NO4Si/c1-5-6-7-14-19-30-20-24(22-15-10-8-11-16-22)27(33)31(30,37(2,3)4)26(30)28(34)32-25(21-36-29(32)35)23-17-12-9-13-18-23/h8-13,15-18,20,25-26H,5-7,14,19,21H2,1-4H3/t25-,26+,30+,31-/m1/s1. The van der Waals surface area contributed by atoms with Gasteiger partial charge in [-0.2, -0.15) is 0 Å². The van der Waals surface area contributed by atoms with Crippen LogP contribution in [0, 0.1) is 11.3 Å². The highest BCUT2D eigenvalue weighted by molar-refractivity contribution is 6.86. The summed E-state index contributed by atoms with van der Waals surface area (Å²) in [6.45, 7) is 8.94. The van der Waals surface area contributed by atoms with Crippen LogP contribution in [0.1, 0.15) is 56.2 Å². The van der Waals surface area contributed by atoms with Gasteiger partial charge in [-0.3, -0.25) is 9.59 Å². The van der Waals surface area contributed by atoms with Crippen molar-refractivity contribution in [1.82, 2.24) is 4.90 Å². The van der Waals surface area contributed by atoms with Crippen molar-refractivity contribution in [2.75, 3.05) is 6.61 Å². The van der Waals surface area contributed by atoms with E-state index in [0.29, 0.717) is 0 Å². The molecule has 6 heteroatoms. The van der Waals surface area contributed by atoms with Crippen LogP contribution in [0.5, 0.6) is 0 Å². The first kappa shape index (κ1) is 25.6. The van der Waals surface area contributed by atoms with E-state index in [1.54, 1.807) is 0 Å². The third kappa shape index (κ3) is 3.75. The average molecular weight is 516 g/mol. The van der Waals surface area contributed by atoms with Crippen molar-refractivity contribution in [1.29, 1.82) is 0 Å². The molecule has 5 rings (SSSR count). The second-order valence-electron chi connectivity index (χ2n) is 11.8. The molecule has 0 bridgehead atoms. The molecule has 5 nitrogen and oxygen atoms in total. The quantitative estimate of drug-likeness (QED) is 0.265. The summed E-state index contributed by atoms with van der Waals surface area (Å²) in [7, 11) is -2.25. The van der Waals surface area contributed by atoms with E-state index in [0.717, 1.165) is 48.8 Å². The molecule has 2 aromatic rings. The number of cyclic esters (lactones) is 1. The van der Waals surface area contributed by atoms with E-state index in [9.17, 15) is 14.4 Å². The van der Waals surface area contributed by atoms with E-state index in [2.05, 4.69) is 32.6 Å². The minimum atomic E-state index is -2.25. The SMILES string of the molecule is CCCCCC[C@@]12C=C(c3ccccc3)C(=O)[C@]1([Si](C)(C)C)[C@H]2C(=O)N1C(=O)OC[C@@H]1c1ccccc1. The smallest absolute Gasteiger partial charge is 0.417 e. The number of allylic oxidation sites excluding steroid dienone is 2. The summed E-state index contributed by atoms with van der Waals surface area (Å²) in [6.07, 6.45) is 6.61. The zero-order valence-corrected chi connectivity index (χ0v) is 23.3. The van der Waals surface area contributed by atoms with Gasteiger partial charge in [0.15, 0.2) is 5.78 Å². The number of fused-ring (bicyclic) bond motifs is 1. The molecule has 0 unspecified atom stereocenters. The van der Waals surface area contributed by atoms with E-state index >= 15 is 0 Å². The monoisotopic (exact) mass is 515 g/mol. The van der Waals surface area contributed by atoms with Gasteiger partial charge in [-0.05, 0) is 17.5 Å². The lowest BCUT2D eigenvalue weighted by Gasteiger charge is -2.30. The van der Waals surface area contributed by atoms with Gasteiger partial charge in [0.25, 0.3) is 0 Å². The second kappa shape index (κ2) is 9.39. The Morgan fingerprint density at radius 3 is 2.24 bits per heavy atom. The Kier molecular flexibility index (Phi) is 6.51. The van der Waals surface area contributed by atoms with Crippen LogP contribution >= 0.6 is 0 Å². The summed E-state index contributed by atoms with van der Waals surface area (Å²) in [5.74, 6) is -0.674. The van der Waals surface area contributed by atoms with Gasteiger partial charge in [-0.1, -0.05) is 119 Å². The molecule has 2 aliphatic carbocycles. The predicted octanol–water partition coefficient (Wildman–Crippen LogP) is 7.04. The molecule has 2 aromatic carbocycles. The number of hydrogen-bond donors (Lipinski definition) is 0. The van der Waals surface area contributed by atoms with E-state index in [1.807, 2.05) is 60.7 Å². The van der Waals surface area contributed by atoms with Gasteiger partial charge >= 0.3 is 6.09 Å². The first-order valence-corrected chi connectivity index (χ1v) is 17.1. The average Bonchev–Trinajstić information content (AvgIpc) is 3.16. The number of carbonyl (C=O) groups is 3. The summed E-state index contributed by atoms with van der Waals surface area (Å²) < 4.78 is 5.41. The molecule has 1 saturated carbocycles. The van der Waals surface area contributed by atoms with E-state index in [4.69, 9.17) is 4.74 Å². The van der Waals surface area contributed by atoms with Crippen LogP contribution < -0.4 is 0 Å². The van der Waals surface area contributed by atoms with Crippen molar-refractivity contribution in [3.05, 3.63) is 77.9 Å². The van der Waals surface area contributed by atoms with Crippen molar-refractivity contribution in [2.45, 2.75) is 69.7 Å². The number of ketones is 1. The summed E-state index contributed by atoms with van der Waals surface area (Å²) in [4.78, 5) is 43.2. The van der Waals surface area contributed by atoms with E-state index in [1.165, 1.54) is 4.90 Å². The van der Waals surface area contributed by atoms with Crippen LogP contribution in [0.15, 0.2) is 66.7 Å². The van der Waals surface area contributed by atoms with E-state index in [-0.39, 0.29) is 18.3 Å². The molecule has 2 amide bonds. The van der Waals surface area contributed by atoms with Gasteiger partial charge in [0.05, 0.1) is 14.0 Å². The van der Waals surface area contributed by atoms with Gasteiger partial charge in [0.2, 0.25) is 5.91 Å². The van der Waals surface area contributed by atoms with Crippen molar-refractivity contribution in [3.8, 4) is 0 Å². The number of ether oxygens (including phenoxy) is 1. The van der Waals surface area contributed by atoms with Crippen molar-refractivity contribution in [3.63, 3.8) is 0 Å². The molecule has 3 aliphatic rings. The Balaban J connectivity index is 1.59. The Morgan fingerprint density at radius 1 is 0.973 bits per heavy atom. The maximum absolute atomic E-state index is 14.5. The molecular formula is C31H37NO4Si. The van der Waals surface area contributed by atoms with Crippen LogP contribution in [0.25, 0.3) is 5.57 Å². The number of nitrogens with zero attached hydrogens (tertiary/aromatic N) is 1. The minimum absolute atomic E-state index is 0.0931. The molecule has 0 spiro atoms. The van der Waals surface area contributed by atoms with Crippen LogP contribution in [0.3, 0.4) is 0 Å². The molecular weight excluding hydrogens is 478 g/mol. The summed E-state index contributed by atoms with van der Waals surface area (Å²) in [5, 5.41) is -0.751. The summed E-state index contributed by atoms with van der Waals surface area (Å²) in [6, 6.07) is 18.9. The number of Topliss-reactive ketones (excluding diaryl/α,β-unsaturated/α-hetero) is 1. The van der Waals surface area contributed by atoms with Crippen LogP contribution in [0.2, 0.25) is 24.7 Å². The first-order chi connectivity index (χ1) is 17.7. The Morgan fingerprint density at radius 2 is 1.62 bits per heavy atom. The topological polar surface area (TPSA) is 63.7 Å². The molecule has 37 heavy (non-hydrogen) atoms.